The van der Waals surface area contributed by atoms with E-state index in [2.05, 4.69) is 88.5 Å². The molecule has 560 valence electrons. The number of hydrogen-bond acceptors (Lipinski definition) is 15. The second kappa shape index (κ2) is 70.2. The van der Waals surface area contributed by atoms with Crippen LogP contribution in [0, 0.1) is 0 Å². The van der Waals surface area contributed by atoms with Gasteiger partial charge in [-0.05, 0) is 109 Å². The van der Waals surface area contributed by atoms with Gasteiger partial charge in [-0.3, -0.25) is 37.3 Å². The summed E-state index contributed by atoms with van der Waals surface area (Å²) in [6.45, 7) is 4.76. The van der Waals surface area contributed by atoms with Gasteiger partial charge in [0, 0.05) is 25.7 Å². The van der Waals surface area contributed by atoms with Crippen LogP contribution in [0.25, 0.3) is 0 Å². The molecule has 0 rings (SSSR count). The fourth-order valence-electron chi connectivity index (χ4n) is 10.6. The summed E-state index contributed by atoms with van der Waals surface area (Å²) in [7, 11) is -9.94. The highest BCUT2D eigenvalue weighted by molar-refractivity contribution is 7.47. The van der Waals surface area contributed by atoms with Crippen molar-refractivity contribution in [3.05, 3.63) is 60.8 Å². The van der Waals surface area contributed by atoms with Gasteiger partial charge >= 0.3 is 39.5 Å². The summed E-state index contributed by atoms with van der Waals surface area (Å²) in [6, 6.07) is 0. The van der Waals surface area contributed by atoms with Crippen LogP contribution in [-0.4, -0.2) is 96.7 Å². The lowest BCUT2D eigenvalue weighted by Gasteiger charge is -2.21. The number of phosphoric ester groups is 2. The Kier molecular flexibility index (Phi) is 67.8. The first-order valence-corrected chi connectivity index (χ1v) is 41.5. The Balaban J connectivity index is 5.33. The number of allylic oxidation sites excluding steroid dienone is 10. The number of ether oxygens (including phenoxy) is 4. The summed E-state index contributed by atoms with van der Waals surface area (Å²) in [5.41, 5.74) is 0. The third-order valence-corrected chi connectivity index (χ3v) is 18.4. The summed E-state index contributed by atoms with van der Waals surface area (Å²) in [5.74, 6) is -2.18. The fraction of sp³-hybridized carbons (Fsp3) is 0.818. The van der Waals surface area contributed by atoms with Gasteiger partial charge in [-0.15, -0.1) is 0 Å². The minimum Gasteiger partial charge on any atom is -0.462 e. The SMILES string of the molecule is CC/C=C\C/C=C\C/C=C\CCCCCCCC(=O)OCC(COP(=O)(O)OCC(O)COP(=O)(O)OCC(COC(=O)CCCCCCC/C=C\CCCCCCCC)OC(=O)CCCCCCCCCCCCCCC)OC(=O)CCCCCCC/C=C\CCCCCC. The van der Waals surface area contributed by atoms with Crippen molar-refractivity contribution in [3.8, 4) is 0 Å². The second-order valence-corrected chi connectivity index (χ2v) is 28.8. The van der Waals surface area contributed by atoms with Crippen molar-refractivity contribution in [1.29, 1.82) is 0 Å². The van der Waals surface area contributed by atoms with Crippen molar-refractivity contribution < 1.29 is 80.2 Å². The molecular formula is C77H140O17P2. The van der Waals surface area contributed by atoms with Crippen molar-refractivity contribution in [2.24, 2.45) is 0 Å². The molecule has 0 heterocycles. The highest BCUT2D eigenvalue weighted by Crippen LogP contribution is 2.45. The molecule has 96 heavy (non-hydrogen) atoms. The van der Waals surface area contributed by atoms with Gasteiger partial charge in [0.2, 0.25) is 0 Å². The van der Waals surface area contributed by atoms with E-state index in [4.69, 9.17) is 37.0 Å². The van der Waals surface area contributed by atoms with Gasteiger partial charge in [0.25, 0.3) is 0 Å². The Bertz CT molecular complexity index is 2060. The average molecular weight is 1400 g/mol. The van der Waals surface area contributed by atoms with E-state index in [1.54, 1.807) is 0 Å². The Morgan fingerprint density at radius 1 is 0.302 bits per heavy atom. The first-order chi connectivity index (χ1) is 46.7. The minimum absolute atomic E-state index is 0.0842. The molecule has 0 aromatic rings. The molecule has 0 spiro atoms. The first kappa shape index (κ1) is 92.8. The maximum Gasteiger partial charge on any atom is 0.472 e. The lowest BCUT2D eigenvalue weighted by molar-refractivity contribution is -0.161. The molecule has 0 aromatic heterocycles. The standard InChI is InChI=1S/C77H140O17P2/c1-5-9-13-17-21-25-29-33-35-39-41-45-49-53-57-61-74(79)87-67-72(93-76(81)63-59-55-51-47-43-37-31-27-23-19-15-11-7-3)69-91-95(83,84)89-65-71(78)66-90-96(85,86)92-70-73(94-77(82)64-60-56-52-48-44-38-32-28-24-20-16-12-8-4)68-88-75(80)62-58-54-50-46-42-40-36-34-30-26-22-18-14-10-6-2/h9,13,21,25,27,31,33-36,71-73,78H,5-8,10-12,14-20,22-24,26,28-30,32,37-70H2,1-4H3,(H,83,84)(H,85,86)/b13-9-,25-21-,31-27-,35-33-,36-34-. The molecular weight excluding hydrogens is 1260 g/mol. The largest absolute Gasteiger partial charge is 0.472 e. The molecule has 0 aromatic carbocycles. The molecule has 0 amide bonds. The van der Waals surface area contributed by atoms with Crippen molar-refractivity contribution >= 4 is 39.5 Å². The van der Waals surface area contributed by atoms with Crippen molar-refractivity contribution in [2.75, 3.05) is 39.6 Å². The number of unbranched alkanes of at least 4 members (excludes halogenated alkanes) is 37. The Morgan fingerprint density at radius 2 is 0.542 bits per heavy atom. The summed E-state index contributed by atoms with van der Waals surface area (Å²) < 4.78 is 68.5. The Hall–Kier alpha value is -3.24. The molecule has 19 heteroatoms. The van der Waals surface area contributed by atoms with Crippen LogP contribution in [0.1, 0.15) is 349 Å². The number of esters is 4. The van der Waals surface area contributed by atoms with Crippen LogP contribution in [0.2, 0.25) is 0 Å². The van der Waals surface area contributed by atoms with E-state index < -0.39 is 97.5 Å². The topological polar surface area (TPSA) is 237 Å². The van der Waals surface area contributed by atoms with E-state index in [0.717, 1.165) is 154 Å². The summed E-state index contributed by atoms with van der Waals surface area (Å²) in [6.07, 6.45) is 67.8. The molecule has 17 nitrogen and oxygen atoms in total. The van der Waals surface area contributed by atoms with Crippen LogP contribution in [-0.2, 0) is 65.4 Å². The van der Waals surface area contributed by atoms with Crippen LogP contribution in [0.3, 0.4) is 0 Å². The molecule has 0 bridgehead atoms. The van der Waals surface area contributed by atoms with E-state index in [1.165, 1.54) is 116 Å². The number of carbonyl (C=O) groups excluding carboxylic acids is 4. The van der Waals surface area contributed by atoms with Crippen molar-refractivity contribution in [1.82, 2.24) is 0 Å². The minimum atomic E-state index is -4.97. The number of phosphoric acid groups is 2. The van der Waals surface area contributed by atoms with E-state index >= 15 is 0 Å². The Labute approximate surface area is 584 Å². The molecule has 5 unspecified atom stereocenters. The summed E-state index contributed by atoms with van der Waals surface area (Å²) in [5, 5.41) is 10.6. The third-order valence-electron chi connectivity index (χ3n) is 16.5. The highest BCUT2D eigenvalue weighted by Gasteiger charge is 2.30. The first-order valence-electron chi connectivity index (χ1n) is 38.5. The van der Waals surface area contributed by atoms with Gasteiger partial charge in [0.15, 0.2) is 12.2 Å². The predicted molar refractivity (Wildman–Crippen MR) is 390 cm³/mol. The van der Waals surface area contributed by atoms with Gasteiger partial charge in [-0.1, -0.05) is 275 Å². The lowest BCUT2D eigenvalue weighted by Crippen LogP contribution is -2.30. The van der Waals surface area contributed by atoms with E-state index in [1.807, 2.05) is 0 Å². The smallest absolute Gasteiger partial charge is 0.462 e. The number of hydrogen-bond donors (Lipinski definition) is 3. The van der Waals surface area contributed by atoms with Crippen molar-refractivity contribution in [3.63, 3.8) is 0 Å². The zero-order chi connectivity index (χ0) is 70.4. The summed E-state index contributed by atoms with van der Waals surface area (Å²) >= 11 is 0. The Morgan fingerprint density at radius 3 is 0.854 bits per heavy atom. The van der Waals surface area contributed by atoms with Gasteiger partial charge in [0.05, 0.1) is 26.4 Å². The highest BCUT2D eigenvalue weighted by atomic mass is 31.2. The van der Waals surface area contributed by atoms with Crippen LogP contribution in [0.4, 0.5) is 0 Å². The van der Waals surface area contributed by atoms with E-state index in [-0.39, 0.29) is 25.7 Å². The molecule has 0 fully saturated rings. The van der Waals surface area contributed by atoms with Gasteiger partial charge in [-0.25, -0.2) is 9.13 Å². The third kappa shape index (κ3) is 69.2. The number of carbonyl (C=O) groups is 4. The number of rotatable bonds is 73. The van der Waals surface area contributed by atoms with Crippen molar-refractivity contribution in [2.45, 2.75) is 367 Å². The van der Waals surface area contributed by atoms with Crippen LogP contribution in [0.5, 0.6) is 0 Å². The van der Waals surface area contributed by atoms with Crippen LogP contribution >= 0.6 is 15.6 Å². The van der Waals surface area contributed by atoms with Gasteiger partial charge < -0.3 is 33.8 Å². The predicted octanol–water partition coefficient (Wildman–Crippen LogP) is 21.9. The molecule has 0 saturated heterocycles. The van der Waals surface area contributed by atoms with E-state index in [0.29, 0.717) is 25.7 Å². The molecule has 0 radical (unpaired) electrons. The average Bonchev–Trinajstić information content (AvgIpc) is 1.14. The number of aliphatic hydroxyl groups is 1. The van der Waals surface area contributed by atoms with Gasteiger partial charge in [-0.2, -0.15) is 0 Å². The molecule has 0 aliphatic heterocycles. The molecule has 0 aliphatic carbocycles. The second-order valence-electron chi connectivity index (χ2n) is 25.9. The lowest BCUT2D eigenvalue weighted by atomic mass is 10.0. The molecule has 5 atom stereocenters. The number of aliphatic hydroxyl groups excluding tert-OH is 1. The van der Waals surface area contributed by atoms with E-state index in [9.17, 15) is 43.2 Å². The van der Waals surface area contributed by atoms with Crippen LogP contribution in [0.15, 0.2) is 60.8 Å². The maximum absolute atomic E-state index is 13.1. The molecule has 0 aliphatic rings. The van der Waals surface area contributed by atoms with Crippen LogP contribution < -0.4 is 0 Å². The maximum atomic E-state index is 13.1. The zero-order valence-electron chi connectivity index (χ0n) is 61.1. The zero-order valence-corrected chi connectivity index (χ0v) is 62.8. The normalized spacial score (nSPS) is 14.3. The fourth-order valence-corrected chi connectivity index (χ4v) is 12.2. The molecule has 3 N–H and O–H groups in total. The quantitative estimate of drug-likeness (QED) is 0.0169. The van der Waals surface area contributed by atoms with Gasteiger partial charge in [0.1, 0.15) is 19.3 Å². The summed E-state index contributed by atoms with van der Waals surface area (Å²) in [4.78, 5) is 72.8. The monoisotopic (exact) mass is 1400 g/mol. The molecule has 0 saturated carbocycles.